The quantitative estimate of drug-likeness (QED) is 0.0344. The third-order valence-electron chi connectivity index (χ3n) is 12.7. The molecule has 6 heteroatoms. The summed E-state index contributed by atoms with van der Waals surface area (Å²) in [6.45, 7) is 11.4. The van der Waals surface area contributed by atoms with Crippen molar-refractivity contribution in [2.24, 2.45) is 11.8 Å². The first-order valence-corrected chi connectivity index (χ1v) is 27.7. The van der Waals surface area contributed by atoms with Crippen molar-refractivity contribution in [1.29, 1.82) is 0 Å². The average molecular weight is 877 g/mol. The fourth-order valence-electron chi connectivity index (χ4n) is 8.52. The molecule has 62 heavy (non-hydrogen) atoms. The van der Waals surface area contributed by atoms with Gasteiger partial charge in [-0.2, -0.15) is 0 Å². The number of hydrogen-bond donors (Lipinski definition) is 0. The highest BCUT2D eigenvalue weighted by Crippen LogP contribution is 2.18. The molecule has 0 radical (unpaired) electrons. The first-order valence-electron chi connectivity index (χ1n) is 27.7. The zero-order valence-corrected chi connectivity index (χ0v) is 42.5. The van der Waals surface area contributed by atoms with Crippen molar-refractivity contribution in [2.45, 2.75) is 317 Å². The molecule has 0 amide bonds. The van der Waals surface area contributed by atoms with E-state index in [9.17, 15) is 14.4 Å². The second-order valence-electron chi connectivity index (χ2n) is 20.2. The second kappa shape index (κ2) is 48.9. The predicted molar refractivity (Wildman–Crippen MR) is 266 cm³/mol. The Hall–Kier alpha value is -1.59. The van der Waals surface area contributed by atoms with Gasteiger partial charge < -0.3 is 14.2 Å². The predicted octanol–water partition coefficient (Wildman–Crippen LogP) is 18.1. The fraction of sp³-hybridized carbons (Fsp3) is 0.946. The first kappa shape index (κ1) is 60.4. The van der Waals surface area contributed by atoms with Crippen LogP contribution in [0.25, 0.3) is 0 Å². The minimum Gasteiger partial charge on any atom is -0.462 e. The standard InChI is InChI=1S/C56H108O6/c1-6-7-8-9-10-11-12-13-14-18-21-26-31-36-41-46-54(57)60-49-53(62-56(59)48-43-38-33-28-23-25-30-35-40-45-52(4)5)50-61-55(58)47-42-37-32-27-22-19-16-15-17-20-24-29-34-39-44-51(2)3/h51-53H,6-50H2,1-5H3/t53-/m1/s1. The van der Waals surface area contributed by atoms with Crippen molar-refractivity contribution < 1.29 is 28.6 Å². The van der Waals surface area contributed by atoms with Crippen LogP contribution in [0, 0.1) is 11.8 Å². The lowest BCUT2D eigenvalue weighted by molar-refractivity contribution is -0.167. The molecular weight excluding hydrogens is 769 g/mol. The zero-order chi connectivity index (χ0) is 45.4. The molecule has 0 aliphatic heterocycles. The van der Waals surface area contributed by atoms with Crippen LogP contribution in [-0.4, -0.2) is 37.2 Å². The van der Waals surface area contributed by atoms with Gasteiger partial charge in [0.2, 0.25) is 0 Å². The van der Waals surface area contributed by atoms with Crippen LogP contribution in [0.15, 0.2) is 0 Å². The van der Waals surface area contributed by atoms with E-state index in [2.05, 4.69) is 34.6 Å². The lowest BCUT2D eigenvalue weighted by atomic mass is 10.0. The minimum absolute atomic E-state index is 0.0633. The van der Waals surface area contributed by atoms with Crippen molar-refractivity contribution in [3.8, 4) is 0 Å². The number of ether oxygens (including phenoxy) is 3. The van der Waals surface area contributed by atoms with Gasteiger partial charge in [-0.05, 0) is 31.1 Å². The summed E-state index contributed by atoms with van der Waals surface area (Å²) in [4.78, 5) is 38.0. The maximum atomic E-state index is 12.8. The molecule has 0 saturated heterocycles. The molecule has 0 N–H and O–H groups in total. The highest BCUT2D eigenvalue weighted by molar-refractivity contribution is 5.71. The largest absolute Gasteiger partial charge is 0.462 e. The molecule has 0 spiro atoms. The summed E-state index contributed by atoms with van der Waals surface area (Å²) in [5, 5.41) is 0. The van der Waals surface area contributed by atoms with Crippen molar-refractivity contribution in [1.82, 2.24) is 0 Å². The summed E-state index contributed by atoms with van der Waals surface area (Å²) in [5.74, 6) is 0.807. The van der Waals surface area contributed by atoms with Gasteiger partial charge in [0.25, 0.3) is 0 Å². The number of unbranched alkanes of at least 4 members (excludes halogenated alkanes) is 35. The van der Waals surface area contributed by atoms with Gasteiger partial charge in [-0.1, -0.05) is 272 Å². The topological polar surface area (TPSA) is 78.9 Å². The Bertz CT molecular complexity index is 947. The summed E-state index contributed by atoms with van der Waals surface area (Å²) >= 11 is 0. The monoisotopic (exact) mass is 877 g/mol. The van der Waals surface area contributed by atoms with E-state index in [4.69, 9.17) is 14.2 Å². The van der Waals surface area contributed by atoms with E-state index in [1.165, 1.54) is 199 Å². The Kier molecular flexibility index (Phi) is 47.6. The molecule has 0 aromatic heterocycles. The van der Waals surface area contributed by atoms with E-state index < -0.39 is 6.10 Å². The van der Waals surface area contributed by atoms with Crippen LogP contribution >= 0.6 is 0 Å². The van der Waals surface area contributed by atoms with E-state index in [0.29, 0.717) is 19.3 Å². The summed E-state index contributed by atoms with van der Waals surface area (Å²) in [6.07, 6.45) is 50.9. The zero-order valence-electron chi connectivity index (χ0n) is 42.5. The molecule has 6 nitrogen and oxygen atoms in total. The summed E-state index contributed by atoms with van der Waals surface area (Å²) in [7, 11) is 0. The van der Waals surface area contributed by atoms with Crippen molar-refractivity contribution in [2.75, 3.05) is 13.2 Å². The molecule has 0 bridgehead atoms. The van der Waals surface area contributed by atoms with E-state index in [0.717, 1.165) is 69.6 Å². The van der Waals surface area contributed by atoms with Gasteiger partial charge in [-0.25, -0.2) is 0 Å². The molecule has 0 unspecified atom stereocenters. The van der Waals surface area contributed by atoms with Crippen LogP contribution in [0.4, 0.5) is 0 Å². The van der Waals surface area contributed by atoms with Crippen LogP contribution in [0.5, 0.6) is 0 Å². The summed E-state index contributed by atoms with van der Waals surface area (Å²) in [6, 6.07) is 0. The van der Waals surface area contributed by atoms with Gasteiger partial charge in [-0.3, -0.25) is 14.4 Å². The summed E-state index contributed by atoms with van der Waals surface area (Å²) in [5.41, 5.74) is 0. The van der Waals surface area contributed by atoms with Crippen molar-refractivity contribution in [3.05, 3.63) is 0 Å². The van der Waals surface area contributed by atoms with Gasteiger partial charge in [0.1, 0.15) is 13.2 Å². The van der Waals surface area contributed by atoms with Gasteiger partial charge in [0.05, 0.1) is 0 Å². The maximum absolute atomic E-state index is 12.8. The van der Waals surface area contributed by atoms with Crippen LogP contribution in [0.1, 0.15) is 311 Å². The molecule has 0 heterocycles. The molecule has 0 fully saturated rings. The molecule has 1 atom stereocenters. The Morgan fingerprint density at radius 1 is 0.306 bits per heavy atom. The second-order valence-corrected chi connectivity index (χ2v) is 20.2. The normalized spacial score (nSPS) is 12.0. The lowest BCUT2D eigenvalue weighted by Gasteiger charge is -2.18. The molecule has 0 aliphatic rings. The Morgan fingerprint density at radius 3 is 0.790 bits per heavy atom. The number of carbonyl (C=O) groups excluding carboxylic acids is 3. The smallest absolute Gasteiger partial charge is 0.306 e. The maximum Gasteiger partial charge on any atom is 0.306 e. The number of hydrogen-bond acceptors (Lipinski definition) is 6. The highest BCUT2D eigenvalue weighted by atomic mass is 16.6. The lowest BCUT2D eigenvalue weighted by Crippen LogP contribution is -2.30. The fourth-order valence-corrected chi connectivity index (χ4v) is 8.52. The molecule has 0 aromatic carbocycles. The Labute approximate surface area is 387 Å². The third kappa shape index (κ3) is 49.4. The SMILES string of the molecule is CCCCCCCCCCCCCCCCCC(=O)OC[C@H](COC(=O)CCCCCCCCCCCCCCCCC(C)C)OC(=O)CCCCCCCCCCCC(C)C. The molecular formula is C56H108O6. The van der Waals surface area contributed by atoms with E-state index in [-0.39, 0.29) is 31.1 Å². The van der Waals surface area contributed by atoms with Crippen LogP contribution in [-0.2, 0) is 28.6 Å². The van der Waals surface area contributed by atoms with Crippen LogP contribution in [0.3, 0.4) is 0 Å². The number of esters is 3. The van der Waals surface area contributed by atoms with Gasteiger partial charge in [0, 0.05) is 19.3 Å². The first-order chi connectivity index (χ1) is 30.2. The Balaban J connectivity index is 4.28. The van der Waals surface area contributed by atoms with E-state index >= 15 is 0 Å². The van der Waals surface area contributed by atoms with E-state index in [1.807, 2.05) is 0 Å². The highest BCUT2D eigenvalue weighted by Gasteiger charge is 2.19. The van der Waals surface area contributed by atoms with Crippen molar-refractivity contribution in [3.63, 3.8) is 0 Å². The molecule has 0 rings (SSSR count). The van der Waals surface area contributed by atoms with Gasteiger partial charge >= 0.3 is 17.9 Å². The van der Waals surface area contributed by atoms with E-state index in [1.54, 1.807) is 0 Å². The molecule has 368 valence electrons. The van der Waals surface area contributed by atoms with Crippen LogP contribution in [0.2, 0.25) is 0 Å². The van der Waals surface area contributed by atoms with Gasteiger partial charge in [-0.15, -0.1) is 0 Å². The Morgan fingerprint density at radius 2 is 0.532 bits per heavy atom. The molecule has 0 aliphatic carbocycles. The number of carbonyl (C=O) groups is 3. The molecule has 0 aromatic rings. The third-order valence-corrected chi connectivity index (χ3v) is 12.7. The van der Waals surface area contributed by atoms with Crippen LogP contribution < -0.4 is 0 Å². The number of rotatable bonds is 50. The van der Waals surface area contributed by atoms with Gasteiger partial charge in [0.15, 0.2) is 6.10 Å². The van der Waals surface area contributed by atoms with Crippen molar-refractivity contribution >= 4 is 17.9 Å². The molecule has 0 saturated carbocycles. The minimum atomic E-state index is -0.762. The summed E-state index contributed by atoms with van der Waals surface area (Å²) < 4.78 is 16.9. The average Bonchev–Trinajstić information content (AvgIpc) is 3.24.